The second kappa shape index (κ2) is 10.5. The molecule has 1 unspecified atom stereocenters. The lowest BCUT2D eigenvalue weighted by Gasteiger charge is -2.29. The molecule has 0 radical (unpaired) electrons. The highest BCUT2D eigenvalue weighted by molar-refractivity contribution is 6.44. The summed E-state index contributed by atoms with van der Waals surface area (Å²) < 4.78 is 10.7. The molecule has 1 aromatic rings. The fourth-order valence-electron chi connectivity index (χ4n) is 3.41. The van der Waals surface area contributed by atoms with Crippen LogP contribution in [0.15, 0.2) is 12.1 Å². The SMILES string of the molecule is Bc1cc(CC(CC(C)(C)C(=O)O)NC(=O)OC(C)(C)C)cc(B)c1NC(=O)OC(C)(C)C. The Morgan fingerprint density at radius 1 is 0.909 bits per heavy atom. The second-order valence-electron chi connectivity index (χ2n) is 11.2. The highest BCUT2D eigenvalue weighted by Crippen LogP contribution is 2.25. The fraction of sp³-hybridized carbons (Fsp3) is 0.609. The monoisotopic (exact) mass is 460 g/mol. The van der Waals surface area contributed by atoms with Crippen LogP contribution in [0, 0.1) is 5.41 Å². The minimum absolute atomic E-state index is 0.220. The Morgan fingerprint density at radius 2 is 1.36 bits per heavy atom. The van der Waals surface area contributed by atoms with Crippen LogP contribution in [-0.2, 0) is 20.7 Å². The van der Waals surface area contributed by atoms with E-state index in [0.717, 1.165) is 16.5 Å². The molecule has 0 saturated heterocycles. The molecule has 8 nitrogen and oxygen atoms in total. The third kappa shape index (κ3) is 10.2. The zero-order valence-corrected chi connectivity index (χ0v) is 21.6. The summed E-state index contributed by atoms with van der Waals surface area (Å²) in [6.07, 6.45) is -0.499. The smallest absolute Gasteiger partial charge is 0.412 e. The second-order valence-corrected chi connectivity index (χ2v) is 11.2. The summed E-state index contributed by atoms with van der Waals surface area (Å²) in [4.78, 5) is 36.3. The van der Waals surface area contributed by atoms with Crippen molar-refractivity contribution < 1.29 is 29.0 Å². The molecule has 1 aromatic carbocycles. The number of carbonyl (C=O) groups is 3. The van der Waals surface area contributed by atoms with E-state index in [1.807, 2.05) is 27.8 Å². The molecule has 0 saturated carbocycles. The topological polar surface area (TPSA) is 114 Å². The molecule has 0 aliphatic rings. The number of carboxylic acid groups (broad SMARTS) is 1. The Balaban J connectivity index is 3.12. The Kier molecular flexibility index (Phi) is 9.06. The van der Waals surface area contributed by atoms with Crippen molar-refractivity contribution in [3.8, 4) is 0 Å². The molecule has 182 valence electrons. The maximum atomic E-state index is 12.4. The molecule has 10 heteroatoms. The standard InChI is InChI=1S/C23H38B2N2O6/c1-21(2,3)32-19(30)26-14(12-23(7,8)18(28)29)9-13-10-15(24)17(16(25)11-13)27-20(31)33-22(4,5)6/h10-11,14H,9,12,24-25H2,1-8H3,(H,26,30)(H,27,31)(H,28,29). The summed E-state index contributed by atoms with van der Waals surface area (Å²) in [5, 5.41) is 15.2. The van der Waals surface area contributed by atoms with Crippen LogP contribution in [0.5, 0.6) is 0 Å². The number of hydrogen-bond donors (Lipinski definition) is 3. The van der Waals surface area contributed by atoms with Gasteiger partial charge in [0, 0.05) is 11.7 Å². The molecule has 1 atom stereocenters. The van der Waals surface area contributed by atoms with E-state index in [-0.39, 0.29) is 6.42 Å². The molecule has 0 aliphatic heterocycles. The number of nitrogens with one attached hydrogen (secondary N) is 2. The maximum Gasteiger partial charge on any atom is 0.412 e. The van der Waals surface area contributed by atoms with Crippen molar-refractivity contribution in [3.63, 3.8) is 0 Å². The van der Waals surface area contributed by atoms with Crippen LogP contribution in [0.2, 0.25) is 0 Å². The lowest BCUT2D eigenvalue weighted by molar-refractivity contribution is -0.147. The molecule has 3 N–H and O–H groups in total. The van der Waals surface area contributed by atoms with Crippen LogP contribution < -0.4 is 21.6 Å². The predicted octanol–water partition coefficient (Wildman–Crippen LogP) is 1.49. The number of alkyl carbamates (subject to hydrolysis) is 1. The van der Waals surface area contributed by atoms with Gasteiger partial charge in [0.05, 0.1) is 5.41 Å². The first-order valence-electron chi connectivity index (χ1n) is 11.1. The predicted molar refractivity (Wildman–Crippen MR) is 136 cm³/mol. The summed E-state index contributed by atoms with van der Waals surface area (Å²) in [7, 11) is 3.75. The van der Waals surface area contributed by atoms with E-state index >= 15 is 0 Å². The zero-order valence-electron chi connectivity index (χ0n) is 21.6. The minimum atomic E-state index is -1.04. The minimum Gasteiger partial charge on any atom is -0.481 e. The lowest BCUT2D eigenvalue weighted by atomic mass is 9.80. The summed E-state index contributed by atoms with van der Waals surface area (Å²) in [5.74, 6) is -0.942. The molecular formula is C23H38B2N2O6. The lowest BCUT2D eigenvalue weighted by Crippen LogP contribution is -2.44. The Labute approximate surface area is 199 Å². The Morgan fingerprint density at radius 3 is 1.79 bits per heavy atom. The number of carboxylic acids is 1. The van der Waals surface area contributed by atoms with Crippen LogP contribution >= 0.6 is 0 Å². The molecule has 0 aliphatic carbocycles. The molecule has 1 rings (SSSR count). The Bertz CT molecular complexity index is 865. The maximum absolute atomic E-state index is 12.4. The van der Waals surface area contributed by atoms with Crippen LogP contribution in [-0.4, -0.2) is 56.2 Å². The van der Waals surface area contributed by atoms with E-state index in [4.69, 9.17) is 9.47 Å². The van der Waals surface area contributed by atoms with E-state index in [1.165, 1.54) is 0 Å². The van der Waals surface area contributed by atoms with Gasteiger partial charge in [-0.2, -0.15) is 0 Å². The van der Waals surface area contributed by atoms with Crippen molar-refractivity contribution >= 4 is 50.5 Å². The largest absolute Gasteiger partial charge is 0.481 e. The van der Waals surface area contributed by atoms with E-state index in [1.54, 1.807) is 55.4 Å². The van der Waals surface area contributed by atoms with Crippen molar-refractivity contribution in [2.45, 2.75) is 85.5 Å². The van der Waals surface area contributed by atoms with Crippen molar-refractivity contribution in [1.82, 2.24) is 5.32 Å². The van der Waals surface area contributed by atoms with Crippen LogP contribution in [0.1, 0.15) is 67.4 Å². The highest BCUT2D eigenvalue weighted by atomic mass is 16.6. The third-order valence-corrected chi connectivity index (χ3v) is 4.76. The fourth-order valence-corrected chi connectivity index (χ4v) is 3.41. The third-order valence-electron chi connectivity index (χ3n) is 4.76. The normalized spacial score (nSPS) is 13.1. The van der Waals surface area contributed by atoms with Gasteiger partial charge in [-0.1, -0.05) is 23.1 Å². The number of hydrogen-bond acceptors (Lipinski definition) is 5. The van der Waals surface area contributed by atoms with Gasteiger partial charge in [0.2, 0.25) is 0 Å². The van der Waals surface area contributed by atoms with Gasteiger partial charge >= 0.3 is 18.2 Å². The Hall–Kier alpha value is -2.64. The first kappa shape index (κ1) is 28.4. The van der Waals surface area contributed by atoms with Crippen molar-refractivity contribution in [1.29, 1.82) is 0 Å². The number of anilines is 1. The summed E-state index contributed by atoms with van der Waals surface area (Å²) in [6.45, 7) is 14.0. The van der Waals surface area contributed by atoms with Crippen molar-refractivity contribution in [2.24, 2.45) is 5.41 Å². The van der Waals surface area contributed by atoms with Gasteiger partial charge in [-0.15, -0.1) is 0 Å². The number of benzene rings is 1. The highest BCUT2D eigenvalue weighted by Gasteiger charge is 2.32. The van der Waals surface area contributed by atoms with Gasteiger partial charge < -0.3 is 19.9 Å². The van der Waals surface area contributed by atoms with Gasteiger partial charge in [-0.25, -0.2) is 9.59 Å². The summed E-state index contributed by atoms with van der Waals surface area (Å²) in [6, 6.07) is 3.36. The first-order chi connectivity index (χ1) is 14.8. The first-order valence-corrected chi connectivity index (χ1v) is 11.1. The zero-order chi connectivity index (χ0) is 25.8. The van der Waals surface area contributed by atoms with Gasteiger partial charge in [-0.05, 0) is 73.8 Å². The molecule has 2 amide bonds. The summed E-state index contributed by atoms with van der Waals surface area (Å²) >= 11 is 0. The number of rotatable bonds is 7. The van der Waals surface area contributed by atoms with Crippen molar-refractivity contribution in [3.05, 3.63) is 17.7 Å². The number of aliphatic carboxylic acids is 1. The van der Waals surface area contributed by atoms with Gasteiger partial charge in [0.15, 0.2) is 0 Å². The van der Waals surface area contributed by atoms with Gasteiger partial charge in [0.1, 0.15) is 26.9 Å². The van der Waals surface area contributed by atoms with E-state index in [0.29, 0.717) is 12.1 Å². The van der Waals surface area contributed by atoms with Crippen LogP contribution in [0.3, 0.4) is 0 Å². The van der Waals surface area contributed by atoms with Gasteiger partial charge in [-0.3, -0.25) is 10.1 Å². The molecule has 0 fully saturated rings. The molecule has 0 bridgehead atoms. The number of amides is 2. The van der Waals surface area contributed by atoms with Crippen molar-refractivity contribution in [2.75, 3.05) is 5.32 Å². The quantitative estimate of drug-likeness (QED) is 0.532. The molecule has 0 heterocycles. The summed E-state index contributed by atoms with van der Waals surface area (Å²) in [5.41, 5.74) is 0.927. The van der Waals surface area contributed by atoms with Crippen LogP contribution in [0.4, 0.5) is 15.3 Å². The van der Waals surface area contributed by atoms with E-state index < -0.39 is 40.8 Å². The van der Waals surface area contributed by atoms with E-state index in [9.17, 15) is 19.5 Å². The number of carbonyl (C=O) groups excluding carboxylic acids is 2. The molecule has 0 spiro atoms. The van der Waals surface area contributed by atoms with E-state index in [2.05, 4.69) is 10.6 Å². The average molecular weight is 460 g/mol. The number of ether oxygens (including phenoxy) is 2. The van der Waals surface area contributed by atoms with Crippen LogP contribution in [0.25, 0.3) is 0 Å². The average Bonchev–Trinajstić information content (AvgIpc) is 2.54. The van der Waals surface area contributed by atoms with Gasteiger partial charge in [0.25, 0.3) is 0 Å². The molecule has 33 heavy (non-hydrogen) atoms. The molecule has 0 aromatic heterocycles. The molecular weight excluding hydrogens is 422 g/mol.